The minimum absolute atomic E-state index is 0.173. The third kappa shape index (κ3) is 1.67. The Balaban J connectivity index is 2.95. The average Bonchev–Trinajstić information content (AvgIpc) is 2.30. The number of rotatable bonds is 2. The van der Waals surface area contributed by atoms with Gasteiger partial charge in [-0.3, -0.25) is 9.78 Å². The minimum Gasteiger partial charge on any atom is -0.494 e. The highest BCUT2D eigenvalue weighted by atomic mass is 32.1. The Kier molecular flexibility index (Phi) is 2.53. The van der Waals surface area contributed by atoms with E-state index in [4.69, 9.17) is 17.3 Å². The maximum atomic E-state index is 10.7. The molecule has 0 saturated carbocycles. The van der Waals surface area contributed by atoms with Crippen LogP contribution in [0.5, 0.6) is 5.88 Å². The highest BCUT2D eigenvalue weighted by molar-refractivity contribution is 7.09. The number of H-pyrrole nitrogens is 1. The lowest BCUT2D eigenvalue weighted by Crippen LogP contribution is -2.07. The van der Waals surface area contributed by atoms with Gasteiger partial charge >= 0.3 is 4.87 Å². The lowest BCUT2D eigenvalue weighted by molar-refractivity contribution is 0.445. The Morgan fingerprint density at radius 3 is 2.92 bits per heavy atom. The Morgan fingerprint density at radius 1 is 1.83 bits per heavy atom. The second-order valence-corrected chi connectivity index (χ2v) is 3.26. The van der Waals surface area contributed by atoms with E-state index in [0.717, 1.165) is 11.3 Å². The molecule has 1 heterocycles. The van der Waals surface area contributed by atoms with Crippen molar-refractivity contribution < 1.29 is 5.11 Å². The van der Waals surface area contributed by atoms with Crippen molar-refractivity contribution in [2.24, 2.45) is 5.73 Å². The summed E-state index contributed by atoms with van der Waals surface area (Å²) in [5.74, 6) is 2.18. The van der Waals surface area contributed by atoms with E-state index in [1.807, 2.05) is 0 Å². The molecule has 0 aromatic carbocycles. The second-order valence-electron chi connectivity index (χ2n) is 2.24. The summed E-state index contributed by atoms with van der Waals surface area (Å²) in [6, 6.07) is -0.459. The van der Waals surface area contributed by atoms with Gasteiger partial charge in [0, 0.05) is 6.42 Å². The SMILES string of the molecule is C#CC[C@@H](N)c1sc(=O)[nH]c1O. The number of thiazole rings is 1. The standard InChI is InChI=1S/C7H8N2O2S/c1-2-3-4(8)5-6(10)9-7(11)12-5/h1,4,10H,3,8H2,(H,9,11)/t4-/m1/s1. The smallest absolute Gasteiger partial charge is 0.307 e. The topological polar surface area (TPSA) is 79.1 Å². The van der Waals surface area contributed by atoms with Crippen LogP contribution < -0.4 is 10.6 Å². The van der Waals surface area contributed by atoms with Gasteiger partial charge in [-0.2, -0.15) is 0 Å². The van der Waals surface area contributed by atoms with Gasteiger partial charge in [-0.05, 0) is 0 Å². The largest absolute Gasteiger partial charge is 0.494 e. The third-order valence-corrected chi connectivity index (χ3v) is 2.33. The minimum atomic E-state index is -0.459. The molecule has 1 atom stereocenters. The number of aromatic nitrogens is 1. The van der Waals surface area contributed by atoms with Crippen LogP contribution in [0.25, 0.3) is 0 Å². The van der Waals surface area contributed by atoms with Crippen LogP contribution in [0.1, 0.15) is 17.3 Å². The number of hydrogen-bond acceptors (Lipinski definition) is 4. The molecule has 1 aromatic heterocycles. The summed E-state index contributed by atoms with van der Waals surface area (Å²) in [6.07, 6.45) is 5.34. The molecule has 0 radical (unpaired) electrons. The molecule has 0 bridgehead atoms. The first-order valence-electron chi connectivity index (χ1n) is 3.26. The van der Waals surface area contributed by atoms with Crippen molar-refractivity contribution in [3.05, 3.63) is 14.5 Å². The van der Waals surface area contributed by atoms with E-state index in [2.05, 4.69) is 10.9 Å². The van der Waals surface area contributed by atoms with Gasteiger partial charge in [0.05, 0.1) is 10.9 Å². The number of aromatic hydroxyl groups is 1. The van der Waals surface area contributed by atoms with Crippen molar-refractivity contribution in [1.82, 2.24) is 4.98 Å². The van der Waals surface area contributed by atoms with Crippen molar-refractivity contribution in [2.45, 2.75) is 12.5 Å². The lowest BCUT2D eigenvalue weighted by atomic mass is 10.2. The van der Waals surface area contributed by atoms with Crippen LogP contribution in [0.4, 0.5) is 0 Å². The van der Waals surface area contributed by atoms with Gasteiger partial charge in [0.25, 0.3) is 0 Å². The molecule has 4 nitrogen and oxygen atoms in total. The van der Waals surface area contributed by atoms with Gasteiger partial charge in [0.1, 0.15) is 0 Å². The molecule has 12 heavy (non-hydrogen) atoms. The summed E-state index contributed by atoms with van der Waals surface area (Å²) in [6.45, 7) is 0. The second kappa shape index (κ2) is 3.43. The van der Waals surface area contributed by atoms with Crippen LogP contribution >= 0.6 is 11.3 Å². The molecule has 0 fully saturated rings. The van der Waals surface area contributed by atoms with Crippen molar-refractivity contribution in [1.29, 1.82) is 0 Å². The normalized spacial score (nSPS) is 12.3. The number of nitrogens with one attached hydrogen (secondary N) is 1. The van der Waals surface area contributed by atoms with Crippen LogP contribution in [-0.2, 0) is 0 Å². The fourth-order valence-corrected chi connectivity index (χ4v) is 1.53. The van der Waals surface area contributed by atoms with Crippen molar-refractivity contribution in [2.75, 3.05) is 0 Å². The van der Waals surface area contributed by atoms with E-state index in [0.29, 0.717) is 11.3 Å². The Bertz CT molecular complexity index is 360. The van der Waals surface area contributed by atoms with Crippen LogP contribution in [0.2, 0.25) is 0 Å². The van der Waals surface area contributed by atoms with Gasteiger partial charge < -0.3 is 10.8 Å². The van der Waals surface area contributed by atoms with Crippen LogP contribution in [0.15, 0.2) is 4.79 Å². The van der Waals surface area contributed by atoms with Gasteiger partial charge in [-0.25, -0.2) is 0 Å². The molecule has 5 heteroatoms. The summed E-state index contributed by atoms with van der Waals surface area (Å²) in [7, 11) is 0. The molecule has 0 unspecified atom stereocenters. The van der Waals surface area contributed by atoms with E-state index in [1.54, 1.807) is 0 Å². The fourth-order valence-electron chi connectivity index (χ4n) is 0.803. The average molecular weight is 184 g/mol. The zero-order chi connectivity index (χ0) is 9.14. The fraction of sp³-hybridized carbons (Fsp3) is 0.286. The molecule has 0 aliphatic heterocycles. The van der Waals surface area contributed by atoms with Crippen LogP contribution in [-0.4, -0.2) is 10.1 Å². The van der Waals surface area contributed by atoms with Crippen molar-refractivity contribution in [3.63, 3.8) is 0 Å². The number of nitrogens with two attached hydrogens (primary N) is 1. The van der Waals surface area contributed by atoms with Crippen molar-refractivity contribution in [3.8, 4) is 18.2 Å². The molecule has 64 valence electrons. The predicted molar refractivity (Wildman–Crippen MR) is 47.0 cm³/mol. The number of aromatic amines is 1. The monoisotopic (exact) mass is 184 g/mol. The molecule has 0 spiro atoms. The zero-order valence-corrected chi connectivity index (χ0v) is 7.02. The third-order valence-electron chi connectivity index (χ3n) is 1.33. The number of terminal acetylenes is 1. The molecule has 4 N–H and O–H groups in total. The first-order valence-corrected chi connectivity index (χ1v) is 4.07. The summed E-state index contributed by atoms with van der Waals surface area (Å²) in [4.78, 5) is 13.0. The van der Waals surface area contributed by atoms with Crippen molar-refractivity contribution >= 4 is 11.3 Å². The molecule has 0 aliphatic carbocycles. The van der Waals surface area contributed by atoms with Crippen LogP contribution in [0.3, 0.4) is 0 Å². The Morgan fingerprint density at radius 2 is 2.50 bits per heavy atom. The quantitative estimate of drug-likeness (QED) is 0.573. The summed E-state index contributed by atoms with van der Waals surface area (Å²) < 4.78 is 0. The van der Waals surface area contributed by atoms with Crippen LogP contribution in [0, 0.1) is 12.3 Å². The van der Waals surface area contributed by atoms with Gasteiger partial charge in [-0.1, -0.05) is 11.3 Å². The molecule has 0 saturated heterocycles. The molecule has 0 amide bonds. The first-order chi connectivity index (χ1) is 5.65. The van der Waals surface area contributed by atoms with Gasteiger partial charge in [0.2, 0.25) is 5.88 Å². The van der Waals surface area contributed by atoms with E-state index in [-0.39, 0.29) is 10.8 Å². The van der Waals surface area contributed by atoms with E-state index in [9.17, 15) is 4.79 Å². The van der Waals surface area contributed by atoms with Gasteiger partial charge in [0.15, 0.2) is 0 Å². The summed E-state index contributed by atoms with van der Waals surface area (Å²) in [5, 5.41) is 9.13. The highest BCUT2D eigenvalue weighted by Gasteiger charge is 2.13. The zero-order valence-electron chi connectivity index (χ0n) is 6.20. The van der Waals surface area contributed by atoms with E-state index < -0.39 is 6.04 Å². The molecular formula is C7H8N2O2S. The highest BCUT2D eigenvalue weighted by Crippen LogP contribution is 2.24. The Labute approximate surface area is 73.0 Å². The van der Waals surface area contributed by atoms with E-state index >= 15 is 0 Å². The number of hydrogen-bond donors (Lipinski definition) is 3. The molecule has 0 aliphatic rings. The molecule has 1 aromatic rings. The van der Waals surface area contributed by atoms with E-state index in [1.165, 1.54) is 0 Å². The molecular weight excluding hydrogens is 176 g/mol. The maximum Gasteiger partial charge on any atom is 0.307 e. The molecule has 1 rings (SSSR count). The summed E-state index contributed by atoms with van der Waals surface area (Å²) >= 11 is 0.881. The Hall–Kier alpha value is -1.25. The lowest BCUT2D eigenvalue weighted by Gasteiger charge is -2.03. The predicted octanol–water partition coefficient (Wildman–Crippen LogP) is 0.165. The maximum absolute atomic E-state index is 10.7. The summed E-state index contributed by atoms with van der Waals surface area (Å²) in [5.41, 5.74) is 5.57. The van der Waals surface area contributed by atoms with Gasteiger partial charge in [-0.15, -0.1) is 12.3 Å². The first kappa shape index (κ1) is 8.84.